The lowest BCUT2D eigenvalue weighted by Crippen LogP contribution is -2.14. The van der Waals surface area contributed by atoms with Crippen molar-refractivity contribution >= 4 is 40.7 Å². The smallest absolute Gasteiger partial charge is 0.256 e. The molecule has 222 valence electrons. The van der Waals surface area contributed by atoms with E-state index >= 15 is 0 Å². The number of rotatable bonds is 10. The van der Waals surface area contributed by atoms with Gasteiger partial charge < -0.3 is 10.6 Å². The minimum atomic E-state index is -2.41. The van der Waals surface area contributed by atoms with Gasteiger partial charge >= 0.3 is 0 Å². The summed E-state index contributed by atoms with van der Waals surface area (Å²) >= 11 is 0. The van der Waals surface area contributed by atoms with Crippen molar-refractivity contribution in [2.24, 2.45) is 0 Å². The zero-order valence-electron chi connectivity index (χ0n) is 25.0. The number of nitrogens with one attached hydrogen (secondary N) is 2. The average Bonchev–Trinajstić information content (AvgIpc) is 3.02. The number of aryl methyl sites for hydroxylation is 1. The Morgan fingerprint density at radius 1 is 0.864 bits per heavy atom. The number of allylic oxidation sites excluding steroid dienone is 1. The molecule has 0 aliphatic rings. The van der Waals surface area contributed by atoms with E-state index in [4.69, 9.17) is 5.26 Å². The summed E-state index contributed by atoms with van der Waals surface area (Å²) in [6, 6.07) is 27.6. The second-order valence-electron chi connectivity index (χ2n) is 10.0. The average molecular weight is 588 g/mol. The maximum atomic E-state index is 12.9. The number of anilines is 2. The van der Waals surface area contributed by atoms with Crippen molar-refractivity contribution in [3.63, 3.8) is 0 Å². The van der Waals surface area contributed by atoms with Crippen molar-refractivity contribution in [1.82, 2.24) is 0 Å². The van der Waals surface area contributed by atoms with Crippen molar-refractivity contribution in [3.05, 3.63) is 156 Å². The first kappa shape index (κ1) is 33.0. The Labute approximate surface area is 258 Å². The summed E-state index contributed by atoms with van der Waals surface area (Å²) in [5, 5.41) is 15.1. The first-order valence-corrected chi connectivity index (χ1v) is 13.9. The van der Waals surface area contributed by atoms with Gasteiger partial charge in [0.2, 0.25) is 6.43 Å². The molecule has 0 saturated carbocycles. The molecule has 4 aromatic rings. The van der Waals surface area contributed by atoms with E-state index in [0.29, 0.717) is 33.8 Å². The molecule has 44 heavy (non-hydrogen) atoms. The van der Waals surface area contributed by atoms with Crippen molar-refractivity contribution in [1.29, 1.82) is 5.26 Å². The summed E-state index contributed by atoms with van der Waals surface area (Å²) in [6.45, 7) is 19.2. The number of amides is 1. The van der Waals surface area contributed by atoms with Crippen molar-refractivity contribution in [3.8, 4) is 6.07 Å². The van der Waals surface area contributed by atoms with Gasteiger partial charge in [0.1, 0.15) is 6.07 Å². The van der Waals surface area contributed by atoms with E-state index in [1.165, 1.54) is 0 Å². The van der Waals surface area contributed by atoms with Crippen LogP contribution in [0.1, 0.15) is 56.2 Å². The van der Waals surface area contributed by atoms with Gasteiger partial charge in [0.05, 0.1) is 11.3 Å². The molecule has 0 fully saturated rings. The lowest BCUT2D eigenvalue weighted by Gasteiger charge is -2.17. The molecule has 2 N–H and O–H groups in total. The van der Waals surface area contributed by atoms with Gasteiger partial charge in [0.15, 0.2) is 0 Å². The summed E-state index contributed by atoms with van der Waals surface area (Å²) in [5.41, 5.74) is 8.65. The van der Waals surface area contributed by atoms with E-state index in [1.807, 2.05) is 68.4 Å². The van der Waals surface area contributed by atoms with E-state index in [2.05, 4.69) is 43.0 Å². The highest BCUT2D eigenvalue weighted by atomic mass is 19.3. The Hall–Kier alpha value is -5.54. The van der Waals surface area contributed by atoms with Gasteiger partial charge in [0.25, 0.3) is 5.91 Å². The van der Waals surface area contributed by atoms with Crippen LogP contribution >= 0.6 is 0 Å². The highest BCUT2D eigenvalue weighted by molar-refractivity contribution is 6.07. The number of alkyl halides is 2. The number of carbonyl (C=O) groups is 1. The molecule has 0 radical (unpaired) electrons. The predicted molar refractivity (Wildman–Crippen MR) is 180 cm³/mol. The topological polar surface area (TPSA) is 64.9 Å². The Morgan fingerprint density at radius 2 is 1.48 bits per heavy atom. The lowest BCUT2D eigenvalue weighted by molar-refractivity contribution is 0.102. The largest absolute Gasteiger partial charge is 0.355 e. The number of nitrogens with zero attached hydrogens (tertiary/aromatic N) is 1. The zero-order chi connectivity index (χ0) is 32.2. The molecule has 1 amide bonds. The quantitative estimate of drug-likeness (QED) is 0.194. The fourth-order valence-corrected chi connectivity index (χ4v) is 4.41. The second-order valence-corrected chi connectivity index (χ2v) is 10.0. The third-order valence-corrected chi connectivity index (χ3v) is 6.74. The SMILES string of the molecule is C=Cc1ccccc1C(=C)Nc1cc(C(=C)C)ccc1CC(F)F.C=Cc1ccccc1C(=O)Nc1ccc(C)cc1C#N. The standard InChI is InChI=1S/C21H21F2N.C17H14N2O/c1-5-16-8-6-7-9-19(16)15(4)24-20-12-17(14(2)3)10-11-18(20)13-21(22)23;1-3-13-6-4-5-7-15(13)17(20)19-16-9-8-12(2)10-14(16)11-18/h5-12,21,24H,1-2,4,13H2,3H3;3-10H,1H2,2H3,(H,19,20). The maximum Gasteiger partial charge on any atom is 0.256 e. The summed E-state index contributed by atoms with van der Waals surface area (Å²) in [4.78, 5) is 12.3. The molecule has 0 aliphatic heterocycles. The van der Waals surface area contributed by atoms with Gasteiger partial charge in [-0.05, 0) is 65.9 Å². The third-order valence-electron chi connectivity index (χ3n) is 6.74. The molecule has 6 heteroatoms. The van der Waals surface area contributed by atoms with Gasteiger partial charge in [-0.2, -0.15) is 5.26 Å². The molecule has 0 saturated heterocycles. The fourth-order valence-electron chi connectivity index (χ4n) is 4.41. The molecule has 0 heterocycles. The first-order chi connectivity index (χ1) is 21.1. The predicted octanol–water partition coefficient (Wildman–Crippen LogP) is 10.0. The van der Waals surface area contributed by atoms with Crippen LogP contribution in [0.15, 0.2) is 111 Å². The molecular formula is C38H35F2N3O. The second kappa shape index (κ2) is 15.6. The summed E-state index contributed by atoms with van der Waals surface area (Å²) in [5.74, 6) is -0.249. The molecule has 4 nitrogen and oxygen atoms in total. The molecule has 0 aliphatic carbocycles. The normalized spacial score (nSPS) is 10.1. The van der Waals surface area contributed by atoms with Crippen LogP contribution in [0.4, 0.5) is 20.2 Å². The van der Waals surface area contributed by atoms with Crippen LogP contribution < -0.4 is 10.6 Å². The van der Waals surface area contributed by atoms with Crippen LogP contribution in [0, 0.1) is 18.3 Å². The van der Waals surface area contributed by atoms with Gasteiger partial charge in [-0.15, -0.1) is 0 Å². The number of nitriles is 1. The molecule has 0 unspecified atom stereocenters. The van der Waals surface area contributed by atoms with Crippen LogP contribution in [0.2, 0.25) is 0 Å². The highest BCUT2D eigenvalue weighted by Gasteiger charge is 2.13. The first-order valence-electron chi connectivity index (χ1n) is 13.9. The summed E-state index contributed by atoms with van der Waals surface area (Å²) in [6.07, 6.45) is 0.659. The number of benzene rings is 4. The molecule has 0 atom stereocenters. The fraction of sp³-hybridized carbons (Fsp3) is 0.105. The maximum absolute atomic E-state index is 12.9. The molecule has 4 aromatic carbocycles. The number of hydrogen-bond donors (Lipinski definition) is 2. The monoisotopic (exact) mass is 587 g/mol. The Bertz CT molecular complexity index is 1750. The molecule has 4 rings (SSSR count). The molecule has 0 spiro atoms. The van der Waals surface area contributed by atoms with E-state index in [0.717, 1.165) is 33.4 Å². The minimum Gasteiger partial charge on any atom is -0.355 e. The Kier molecular flexibility index (Phi) is 11.7. The zero-order valence-corrected chi connectivity index (χ0v) is 25.0. The summed E-state index contributed by atoms with van der Waals surface area (Å²) < 4.78 is 25.7. The number of hydrogen-bond acceptors (Lipinski definition) is 3. The van der Waals surface area contributed by atoms with Crippen LogP contribution in [0.3, 0.4) is 0 Å². The van der Waals surface area contributed by atoms with Crippen molar-refractivity contribution < 1.29 is 13.6 Å². The molecule has 0 aromatic heterocycles. The highest BCUT2D eigenvalue weighted by Crippen LogP contribution is 2.28. The van der Waals surface area contributed by atoms with E-state index in [1.54, 1.807) is 42.5 Å². The van der Waals surface area contributed by atoms with E-state index < -0.39 is 6.43 Å². The Balaban J connectivity index is 0.000000244. The number of halogens is 2. The van der Waals surface area contributed by atoms with Gasteiger partial charge in [-0.3, -0.25) is 4.79 Å². The van der Waals surface area contributed by atoms with Gasteiger partial charge in [-0.1, -0.05) is 105 Å². The van der Waals surface area contributed by atoms with E-state index in [9.17, 15) is 13.6 Å². The molecule has 0 bridgehead atoms. The van der Waals surface area contributed by atoms with Crippen LogP contribution in [-0.2, 0) is 6.42 Å². The third kappa shape index (κ3) is 8.73. The van der Waals surface area contributed by atoms with Crippen molar-refractivity contribution in [2.75, 3.05) is 10.6 Å². The van der Waals surface area contributed by atoms with Gasteiger partial charge in [0, 0.05) is 28.9 Å². The van der Waals surface area contributed by atoms with E-state index in [-0.39, 0.29) is 12.3 Å². The van der Waals surface area contributed by atoms with Crippen molar-refractivity contribution in [2.45, 2.75) is 26.7 Å². The lowest BCUT2D eigenvalue weighted by atomic mass is 10.0. The van der Waals surface area contributed by atoms with Gasteiger partial charge in [-0.25, -0.2) is 8.78 Å². The van der Waals surface area contributed by atoms with Crippen LogP contribution in [0.25, 0.3) is 23.4 Å². The molecular weight excluding hydrogens is 552 g/mol. The minimum absolute atomic E-state index is 0.249. The Morgan fingerprint density at radius 3 is 2.07 bits per heavy atom. The van der Waals surface area contributed by atoms with Crippen LogP contribution in [-0.4, -0.2) is 12.3 Å². The number of carbonyl (C=O) groups excluding carboxylic acids is 1. The summed E-state index contributed by atoms with van der Waals surface area (Å²) in [7, 11) is 0. The van der Waals surface area contributed by atoms with Crippen LogP contribution in [0.5, 0.6) is 0 Å².